The molecule has 0 spiro atoms. The average molecular weight is 277 g/mol. The molecule has 2 aromatic rings. The molecule has 1 aromatic carbocycles. The monoisotopic (exact) mass is 276 g/mol. The first kappa shape index (κ1) is 13.7. The van der Waals surface area contributed by atoms with Crippen molar-refractivity contribution in [3.8, 4) is 5.75 Å². The number of halogens is 1. The number of phenols is 1. The highest BCUT2D eigenvalue weighted by Crippen LogP contribution is 2.26. The molecule has 8 heteroatoms. The molecular weight excluding hydrogens is 270 g/mol. The molecule has 2 rings (SSSR count). The fourth-order valence-electron chi connectivity index (χ4n) is 1.17. The van der Waals surface area contributed by atoms with E-state index in [0.29, 0.717) is 10.5 Å². The van der Waals surface area contributed by atoms with Crippen LogP contribution in [0.15, 0.2) is 30.5 Å². The quantitative estimate of drug-likeness (QED) is 0.561. The Bertz CT molecular complexity index is 580. The van der Waals surface area contributed by atoms with Crippen molar-refractivity contribution in [2.45, 2.75) is 0 Å². The van der Waals surface area contributed by atoms with Crippen LogP contribution in [-0.4, -0.2) is 22.6 Å². The zero-order valence-corrected chi connectivity index (χ0v) is 9.83. The van der Waals surface area contributed by atoms with Gasteiger partial charge in [0.1, 0.15) is 0 Å². The number of aromatic nitrogens is 1. The summed E-state index contributed by atoms with van der Waals surface area (Å²) in [6.07, 6.45) is 1.75. The molecule has 1 heterocycles. The van der Waals surface area contributed by atoms with Crippen molar-refractivity contribution in [2.75, 3.05) is 0 Å². The lowest BCUT2D eigenvalue weighted by molar-refractivity contribution is -0.345. The molecule has 0 fully saturated rings. The van der Waals surface area contributed by atoms with Crippen LogP contribution in [0.4, 0.5) is 0 Å². The van der Waals surface area contributed by atoms with Gasteiger partial charge in [0, 0.05) is 16.5 Å². The number of aromatic hydroxyl groups is 1. The zero-order chi connectivity index (χ0) is 13.1. The molecule has 1 aromatic heterocycles. The van der Waals surface area contributed by atoms with Crippen LogP contribution < -0.4 is 4.98 Å². The number of hydrogen-bond donors (Lipinski definition) is 1. The van der Waals surface area contributed by atoms with Crippen LogP contribution >= 0.6 is 11.6 Å². The van der Waals surface area contributed by atoms with Gasteiger partial charge in [-0.25, -0.2) is 4.98 Å². The summed E-state index contributed by atoms with van der Waals surface area (Å²) in [7, 11) is -5.17. The van der Waals surface area contributed by atoms with Crippen molar-refractivity contribution in [1.29, 1.82) is 0 Å². The van der Waals surface area contributed by atoms with Crippen LogP contribution in [0.2, 0.25) is 5.02 Å². The Hall–Kier alpha value is -1.41. The van der Waals surface area contributed by atoms with E-state index in [1.165, 1.54) is 0 Å². The largest absolute Gasteiger partial charge is 0.759 e. The van der Waals surface area contributed by atoms with E-state index in [-0.39, 0.29) is 5.75 Å². The van der Waals surface area contributed by atoms with Crippen molar-refractivity contribution in [1.82, 2.24) is 0 Å². The van der Waals surface area contributed by atoms with Gasteiger partial charge in [-0.05, 0) is 18.2 Å². The van der Waals surface area contributed by atoms with Gasteiger partial charge in [-0.15, -0.1) is 0 Å². The van der Waals surface area contributed by atoms with Crippen LogP contribution in [0.3, 0.4) is 0 Å². The predicted octanol–water partition coefficient (Wildman–Crippen LogP) is 0.675. The lowest BCUT2D eigenvalue weighted by Gasteiger charge is -2.06. The highest BCUT2D eigenvalue weighted by molar-refractivity contribution is 7.79. The number of nitrogens with one attached hydrogen (secondary N) is 1. The van der Waals surface area contributed by atoms with Gasteiger partial charge in [-0.1, -0.05) is 11.6 Å². The molecule has 17 heavy (non-hydrogen) atoms. The third kappa shape index (κ3) is 4.53. The summed E-state index contributed by atoms with van der Waals surface area (Å²) in [4.78, 5) is 2.93. The first-order valence-electron chi connectivity index (χ1n) is 4.23. The van der Waals surface area contributed by atoms with Gasteiger partial charge in [0.05, 0.1) is 10.4 Å². The Morgan fingerprint density at radius 3 is 2.35 bits per heavy atom. The number of rotatable bonds is 0. The fourth-order valence-corrected chi connectivity index (χ4v) is 1.39. The standard InChI is InChI=1S/C9H6ClNO.H2O4S/c10-7-3-4-8(12)9-6(7)2-1-5-11-9;1-5(2,3)4/h1-5,12H;(H2,1,2,3,4)/p-1. The van der Waals surface area contributed by atoms with E-state index in [1.54, 1.807) is 18.3 Å². The number of aromatic amines is 1. The molecule has 92 valence electrons. The van der Waals surface area contributed by atoms with E-state index in [4.69, 9.17) is 29.1 Å². The highest BCUT2D eigenvalue weighted by atomic mass is 35.5. The number of pyridine rings is 1. The van der Waals surface area contributed by atoms with Gasteiger partial charge in [-0.2, -0.15) is 0 Å². The molecule has 0 amide bonds. The Morgan fingerprint density at radius 2 is 1.82 bits per heavy atom. The van der Waals surface area contributed by atoms with Crippen molar-refractivity contribution >= 4 is 32.9 Å². The van der Waals surface area contributed by atoms with Crippen LogP contribution in [0.1, 0.15) is 0 Å². The molecule has 0 atom stereocenters. The molecule has 0 saturated carbocycles. The summed E-state index contributed by atoms with van der Waals surface area (Å²) in [6.45, 7) is 0. The normalized spacial score (nSPS) is 10.8. The van der Waals surface area contributed by atoms with Crippen molar-refractivity contribution in [3.05, 3.63) is 35.5 Å². The van der Waals surface area contributed by atoms with Crippen LogP contribution in [0.25, 0.3) is 10.9 Å². The van der Waals surface area contributed by atoms with Gasteiger partial charge in [0.15, 0.2) is 11.9 Å². The Balaban J connectivity index is 0.000000249. The van der Waals surface area contributed by atoms with E-state index in [2.05, 4.69) is 4.98 Å². The predicted molar refractivity (Wildman–Crippen MR) is 57.7 cm³/mol. The Labute approximate surface area is 102 Å². The maximum Gasteiger partial charge on any atom is 0.254 e. The summed E-state index contributed by atoms with van der Waals surface area (Å²) >= 11 is 5.90. The molecule has 0 unspecified atom stereocenters. The second-order valence-electron chi connectivity index (χ2n) is 2.93. The number of H-pyrrole nitrogens is 1. The van der Waals surface area contributed by atoms with E-state index in [0.717, 1.165) is 5.39 Å². The van der Waals surface area contributed by atoms with Crippen LogP contribution in [-0.2, 0) is 10.4 Å². The van der Waals surface area contributed by atoms with E-state index in [1.807, 2.05) is 12.1 Å². The van der Waals surface area contributed by atoms with E-state index >= 15 is 0 Å². The molecule has 0 aliphatic rings. The van der Waals surface area contributed by atoms with Gasteiger partial charge in [-0.3, -0.25) is 8.42 Å². The minimum Gasteiger partial charge on any atom is -0.759 e. The second-order valence-corrected chi connectivity index (χ2v) is 4.16. The molecule has 2 N–H and O–H groups in total. The molecule has 0 bridgehead atoms. The molecule has 0 saturated heterocycles. The molecule has 0 radical (unpaired) electrons. The maximum absolute atomic E-state index is 9.41. The highest BCUT2D eigenvalue weighted by Gasteiger charge is 2.07. The van der Waals surface area contributed by atoms with Crippen molar-refractivity contribution < 1.29 is 27.6 Å². The first-order valence-corrected chi connectivity index (χ1v) is 5.95. The van der Waals surface area contributed by atoms with Crippen molar-refractivity contribution in [3.63, 3.8) is 0 Å². The third-order valence-electron chi connectivity index (χ3n) is 1.76. The van der Waals surface area contributed by atoms with E-state index < -0.39 is 10.4 Å². The summed E-state index contributed by atoms with van der Waals surface area (Å²) in [5.74, 6) is 0.218. The molecule has 0 aliphatic carbocycles. The van der Waals surface area contributed by atoms with Crippen LogP contribution in [0, 0.1) is 0 Å². The summed E-state index contributed by atoms with van der Waals surface area (Å²) < 4.78 is 34.1. The minimum atomic E-state index is -5.17. The second kappa shape index (κ2) is 5.28. The fraction of sp³-hybridized carbons (Fsp3) is 0. The number of phenolic OH excluding ortho intramolecular Hbond substituents is 1. The van der Waals surface area contributed by atoms with E-state index in [9.17, 15) is 5.11 Å². The summed E-state index contributed by atoms with van der Waals surface area (Å²) in [5, 5.41) is 10.9. The Morgan fingerprint density at radius 1 is 1.24 bits per heavy atom. The SMILES string of the molecule is O=S(=O)([O-])[O-].Oc1ccc(Cl)c2ccc[nH+]c12. The Kier molecular flexibility index (Phi) is 4.24. The number of hydrogen-bond acceptors (Lipinski definition) is 5. The molecule has 0 aliphatic heterocycles. The van der Waals surface area contributed by atoms with Crippen molar-refractivity contribution in [2.24, 2.45) is 0 Å². The number of fused-ring (bicyclic) bond motifs is 1. The topological polar surface area (TPSA) is 115 Å². The first-order chi connectivity index (χ1) is 7.79. The van der Waals surface area contributed by atoms with Crippen LogP contribution in [0.5, 0.6) is 5.75 Å². The van der Waals surface area contributed by atoms with Gasteiger partial charge in [0.2, 0.25) is 0 Å². The van der Waals surface area contributed by atoms with Gasteiger partial charge < -0.3 is 14.2 Å². The average Bonchev–Trinajstić information content (AvgIpc) is 2.22. The van der Waals surface area contributed by atoms with Gasteiger partial charge >= 0.3 is 0 Å². The molecular formula is C9H7ClNO5S-. The maximum atomic E-state index is 9.41. The number of benzene rings is 1. The summed E-state index contributed by atoms with van der Waals surface area (Å²) in [6, 6.07) is 6.94. The summed E-state index contributed by atoms with van der Waals surface area (Å²) in [5.41, 5.74) is 0.671. The lowest BCUT2D eigenvalue weighted by Crippen LogP contribution is -2.01. The molecule has 6 nitrogen and oxygen atoms in total. The smallest absolute Gasteiger partial charge is 0.254 e. The zero-order valence-electron chi connectivity index (χ0n) is 8.25. The minimum absolute atomic E-state index is 0.218. The lowest BCUT2D eigenvalue weighted by atomic mass is 10.2. The third-order valence-corrected chi connectivity index (χ3v) is 2.09. The van der Waals surface area contributed by atoms with Gasteiger partial charge in [0.25, 0.3) is 5.52 Å².